The molecule has 0 saturated heterocycles. The fourth-order valence-electron chi connectivity index (χ4n) is 3.20. The summed E-state index contributed by atoms with van der Waals surface area (Å²) in [6, 6.07) is 6.19. The van der Waals surface area contributed by atoms with Crippen molar-refractivity contribution in [1.82, 2.24) is 4.57 Å². The number of rotatable bonds is 2. The average Bonchev–Trinajstić information content (AvgIpc) is 2.77. The van der Waals surface area contributed by atoms with Crippen LogP contribution in [0, 0.1) is 0 Å². The molecule has 1 heterocycles. The third-order valence-electron chi connectivity index (χ3n) is 4.20. The molecule has 1 fully saturated rings. The molecule has 0 atom stereocenters. The molecule has 3 rings (SSSR count). The first-order valence-electron chi connectivity index (χ1n) is 6.84. The summed E-state index contributed by atoms with van der Waals surface area (Å²) < 4.78 is 7.59. The van der Waals surface area contributed by atoms with Crippen molar-refractivity contribution < 1.29 is 9.53 Å². The van der Waals surface area contributed by atoms with Gasteiger partial charge in [0.2, 0.25) is 0 Å². The van der Waals surface area contributed by atoms with Crippen molar-refractivity contribution >= 4 is 16.7 Å². The molecule has 2 aromatic rings. The molecule has 1 aliphatic rings. The lowest BCUT2D eigenvalue weighted by atomic mass is 9.83. The van der Waals surface area contributed by atoms with E-state index in [-0.39, 0.29) is 0 Å². The Morgan fingerprint density at radius 3 is 2.68 bits per heavy atom. The monoisotopic (exact) mass is 257 g/mol. The van der Waals surface area contributed by atoms with E-state index in [2.05, 4.69) is 23.9 Å². The van der Waals surface area contributed by atoms with Gasteiger partial charge >= 0.3 is 0 Å². The number of para-hydroxylation sites is 1. The van der Waals surface area contributed by atoms with Gasteiger partial charge in [-0.05, 0) is 30.4 Å². The summed E-state index contributed by atoms with van der Waals surface area (Å²) in [6.07, 6.45) is 5.62. The first kappa shape index (κ1) is 12.3. The second-order valence-electron chi connectivity index (χ2n) is 5.36. The van der Waals surface area contributed by atoms with E-state index in [1.54, 1.807) is 7.11 Å². The third-order valence-corrected chi connectivity index (χ3v) is 4.20. The van der Waals surface area contributed by atoms with E-state index in [1.807, 2.05) is 12.1 Å². The van der Waals surface area contributed by atoms with Crippen molar-refractivity contribution in [2.75, 3.05) is 7.11 Å². The lowest BCUT2D eigenvalue weighted by Crippen LogP contribution is -2.12. The van der Waals surface area contributed by atoms with E-state index in [0.29, 0.717) is 11.7 Å². The molecule has 3 nitrogen and oxygen atoms in total. The Hall–Kier alpha value is -1.77. The topological polar surface area (TPSA) is 31.2 Å². The van der Waals surface area contributed by atoms with Crippen molar-refractivity contribution in [3.63, 3.8) is 0 Å². The van der Waals surface area contributed by atoms with Gasteiger partial charge in [0.25, 0.3) is 0 Å². The minimum Gasteiger partial charge on any atom is -0.495 e. The highest BCUT2D eigenvalue weighted by molar-refractivity contribution is 5.90. The number of methoxy groups -OCH3 is 1. The van der Waals surface area contributed by atoms with Crippen LogP contribution >= 0.6 is 0 Å². The molecular formula is C16H19NO2. The predicted molar refractivity (Wildman–Crippen MR) is 75.7 cm³/mol. The number of Topliss-reactive ketones (excluding diaryl/α,β-unsaturated/α-hetero) is 1. The summed E-state index contributed by atoms with van der Waals surface area (Å²) in [6.45, 7) is 0. The number of carbonyl (C=O) groups is 1. The van der Waals surface area contributed by atoms with Crippen LogP contribution in [0.3, 0.4) is 0 Å². The summed E-state index contributed by atoms with van der Waals surface area (Å²) in [5.74, 6) is 1.83. The zero-order valence-electron chi connectivity index (χ0n) is 11.5. The Morgan fingerprint density at radius 2 is 2.00 bits per heavy atom. The SMILES string of the molecule is COc1cccc2c(C3CCC(=O)CC3)cn(C)c12. The van der Waals surface area contributed by atoms with Crippen LogP contribution in [0.2, 0.25) is 0 Å². The van der Waals surface area contributed by atoms with Gasteiger partial charge in [0.15, 0.2) is 0 Å². The van der Waals surface area contributed by atoms with E-state index >= 15 is 0 Å². The molecule has 0 radical (unpaired) electrons. The van der Waals surface area contributed by atoms with Crippen LogP contribution in [0.25, 0.3) is 10.9 Å². The highest BCUT2D eigenvalue weighted by Crippen LogP contribution is 2.38. The Labute approximate surface area is 113 Å². The first-order valence-corrected chi connectivity index (χ1v) is 6.84. The van der Waals surface area contributed by atoms with E-state index in [1.165, 1.54) is 10.9 Å². The van der Waals surface area contributed by atoms with Crippen molar-refractivity contribution in [1.29, 1.82) is 0 Å². The molecule has 1 aromatic carbocycles. The molecule has 1 aromatic heterocycles. The maximum atomic E-state index is 11.4. The fraction of sp³-hybridized carbons (Fsp3) is 0.438. The number of hydrogen-bond donors (Lipinski definition) is 0. The molecule has 1 aliphatic carbocycles. The average molecular weight is 257 g/mol. The normalized spacial score (nSPS) is 17.1. The van der Waals surface area contributed by atoms with E-state index in [0.717, 1.165) is 36.9 Å². The van der Waals surface area contributed by atoms with Crippen molar-refractivity contribution in [2.24, 2.45) is 7.05 Å². The molecule has 0 N–H and O–H groups in total. The van der Waals surface area contributed by atoms with Crippen molar-refractivity contribution in [2.45, 2.75) is 31.6 Å². The Balaban J connectivity index is 2.07. The van der Waals surface area contributed by atoms with Crippen LogP contribution in [0.15, 0.2) is 24.4 Å². The van der Waals surface area contributed by atoms with E-state index in [4.69, 9.17) is 4.74 Å². The summed E-state index contributed by atoms with van der Waals surface area (Å²) in [5.41, 5.74) is 2.51. The maximum absolute atomic E-state index is 11.4. The molecule has 19 heavy (non-hydrogen) atoms. The highest BCUT2D eigenvalue weighted by atomic mass is 16.5. The highest BCUT2D eigenvalue weighted by Gasteiger charge is 2.23. The lowest BCUT2D eigenvalue weighted by molar-refractivity contribution is -0.120. The molecule has 0 bridgehead atoms. The number of carbonyl (C=O) groups excluding carboxylic acids is 1. The minimum absolute atomic E-state index is 0.411. The van der Waals surface area contributed by atoms with Crippen LogP contribution in [-0.4, -0.2) is 17.5 Å². The van der Waals surface area contributed by atoms with Gasteiger partial charge in [-0.15, -0.1) is 0 Å². The van der Waals surface area contributed by atoms with Gasteiger partial charge in [0.05, 0.1) is 12.6 Å². The van der Waals surface area contributed by atoms with Crippen LogP contribution < -0.4 is 4.74 Å². The van der Waals surface area contributed by atoms with E-state index < -0.39 is 0 Å². The second-order valence-corrected chi connectivity index (χ2v) is 5.36. The molecule has 0 amide bonds. The standard InChI is InChI=1S/C16H19NO2/c1-17-10-14(11-6-8-12(18)9-7-11)13-4-3-5-15(19-2)16(13)17/h3-5,10-11H,6-9H2,1-2H3. The van der Waals surface area contributed by atoms with Gasteiger partial charge in [-0.1, -0.05) is 12.1 Å². The number of benzene rings is 1. The molecule has 1 saturated carbocycles. The quantitative estimate of drug-likeness (QED) is 0.825. The molecule has 0 spiro atoms. The zero-order chi connectivity index (χ0) is 13.4. The number of ketones is 1. The lowest BCUT2D eigenvalue weighted by Gasteiger charge is -2.20. The zero-order valence-corrected chi connectivity index (χ0v) is 11.5. The Bertz CT molecular complexity index is 617. The summed E-state index contributed by atoms with van der Waals surface area (Å²) in [5, 5.41) is 1.26. The maximum Gasteiger partial charge on any atom is 0.143 e. The number of aryl methyl sites for hydroxylation is 1. The molecule has 3 heteroatoms. The smallest absolute Gasteiger partial charge is 0.143 e. The first-order chi connectivity index (χ1) is 9.20. The Morgan fingerprint density at radius 1 is 1.26 bits per heavy atom. The molecular weight excluding hydrogens is 238 g/mol. The van der Waals surface area contributed by atoms with Gasteiger partial charge in [0.1, 0.15) is 11.5 Å². The van der Waals surface area contributed by atoms with Crippen molar-refractivity contribution in [3.05, 3.63) is 30.0 Å². The number of fused-ring (bicyclic) bond motifs is 1. The van der Waals surface area contributed by atoms with Crippen LogP contribution in [0.4, 0.5) is 0 Å². The van der Waals surface area contributed by atoms with E-state index in [9.17, 15) is 4.79 Å². The number of ether oxygens (including phenoxy) is 1. The fourth-order valence-corrected chi connectivity index (χ4v) is 3.20. The number of hydrogen-bond acceptors (Lipinski definition) is 2. The van der Waals surface area contributed by atoms with Gasteiger partial charge in [0, 0.05) is 31.5 Å². The molecule has 0 aliphatic heterocycles. The number of nitrogens with zero attached hydrogens (tertiary/aromatic N) is 1. The molecule has 0 unspecified atom stereocenters. The van der Waals surface area contributed by atoms with Gasteiger partial charge in [-0.2, -0.15) is 0 Å². The summed E-state index contributed by atoms with van der Waals surface area (Å²) in [7, 11) is 3.77. The van der Waals surface area contributed by atoms with Crippen molar-refractivity contribution in [3.8, 4) is 5.75 Å². The third kappa shape index (κ3) is 2.03. The van der Waals surface area contributed by atoms with Crippen LogP contribution in [-0.2, 0) is 11.8 Å². The summed E-state index contributed by atoms with van der Waals surface area (Å²) >= 11 is 0. The van der Waals surface area contributed by atoms with Gasteiger partial charge in [-0.3, -0.25) is 4.79 Å². The predicted octanol–water partition coefficient (Wildman–Crippen LogP) is 3.41. The minimum atomic E-state index is 0.411. The number of aromatic nitrogens is 1. The van der Waals surface area contributed by atoms with Gasteiger partial charge in [-0.25, -0.2) is 0 Å². The molecule has 100 valence electrons. The second kappa shape index (κ2) is 4.72. The van der Waals surface area contributed by atoms with Crippen LogP contribution in [0.1, 0.15) is 37.2 Å². The Kier molecular flexibility index (Phi) is 3.05. The van der Waals surface area contributed by atoms with Gasteiger partial charge < -0.3 is 9.30 Å². The largest absolute Gasteiger partial charge is 0.495 e. The van der Waals surface area contributed by atoms with Crippen LogP contribution in [0.5, 0.6) is 5.75 Å². The summed E-state index contributed by atoms with van der Waals surface area (Å²) in [4.78, 5) is 11.4.